The topological polar surface area (TPSA) is 92.3 Å². The molecule has 2 aromatic carbocycles. The number of hydrogen-bond acceptors (Lipinski definition) is 6. The molecule has 31 heavy (non-hydrogen) atoms. The van der Waals surface area contributed by atoms with E-state index in [4.69, 9.17) is 20.8 Å². The number of benzene rings is 2. The summed E-state index contributed by atoms with van der Waals surface area (Å²) in [5.41, 5.74) is 2.06. The molecule has 2 heterocycles. The van der Waals surface area contributed by atoms with Crippen LogP contribution in [0.4, 0.5) is 0 Å². The Morgan fingerprint density at radius 1 is 1.19 bits per heavy atom. The molecule has 0 saturated carbocycles. The van der Waals surface area contributed by atoms with Crippen LogP contribution in [0.3, 0.4) is 0 Å². The van der Waals surface area contributed by atoms with Gasteiger partial charge in [0.25, 0.3) is 5.91 Å². The van der Waals surface area contributed by atoms with Crippen molar-refractivity contribution < 1.29 is 23.8 Å². The maximum Gasteiger partial charge on any atom is 0.342 e. The van der Waals surface area contributed by atoms with Crippen LogP contribution in [-0.4, -0.2) is 34.3 Å². The highest BCUT2D eigenvalue weighted by Crippen LogP contribution is 2.33. The molecule has 1 aliphatic heterocycles. The highest BCUT2D eigenvalue weighted by molar-refractivity contribution is 6.30. The highest BCUT2D eigenvalue weighted by atomic mass is 35.5. The quantitative estimate of drug-likeness (QED) is 0.593. The number of aryl methyl sites for hydroxylation is 1. The molecule has 0 unspecified atom stereocenters. The van der Waals surface area contributed by atoms with Crippen LogP contribution in [0, 0.1) is 6.92 Å². The second-order valence-corrected chi connectivity index (χ2v) is 7.51. The minimum atomic E-state index is -0.787. The molecule has 1 N–H and O–H groups in total. The van der Waals surface area contributed by atoms with Crippen molar-refractivity contribution in [3.05, 3.63) is 88.3 Å². The van der Waals surface area contributed by atoms with Crippen LogP contribution >= 0.6 is 11.6 Å². The van der Waals surface area contributed by atoms with Gasteiger partial charge in [-0.2, -0.15) is 5.10 Å². The lowest BCUT2D eigenvalue weighted by molar-refractivity contribution is -0.136. The molecule has 0 bridgehead atoms. The van der Waals surface area contributed by atoms with Gasteiger partial charge in [-0.05, 0) is 48.4 Å². The van der Waals surface area contributed by atoms with Crippen molar-refractivity contribution in [2.75, 3.05) is 6.61 Å². The van der Waals surface area contributed by atoms with Crippen molar-refractivity contribution in [1.29, 1.82) is 0 Å². The zero-order chi connectivity index (χ0) is 22.0. The number of carbonyl (C=O) groups excluding carboxylic acids is 2. The first-order valence-electron chi connectivity index (χ1n) is 9.58. The van der Waals surface area contributed by atoms with Crippen LogP contribution in [0.15, 0.2) is 70.4 Å². The van der Waals surface area contributed by atoms with Gasteiger partial charge in [0.2, 0.25) is 0 Å². The largest absolute Gasteiger partial charge is 0.507 e. The summed E-state index contributed by atoms with van der Waals surface area (Å²) in [6.45, 7) is 1.14. The summed E-state index contributed by atoms with van der Waals surface area (Å²) < 4.78 is 10.6. The minimum absolute atomic E-state index is 0.00200. The Morgan fingerprint density at radius 2 is 1.97 bits per heavy atom. The lowest BCUT2D eigenvalue weighted by Crippen LogP contribution is -2.31. The van der Waals surface area contributed by atoms with Gasteiger partial charge < -0.3 is 14.3 Å². The van der Waals surface area contributed by atoms with Crippen molar-refractivity contribution >= 4 is 29.2 Å². The number of furan rings is 1. The van der Waals surface area contributed by atoms with Crippen molar-refractivity contribution in [2.24, 2.45) is 5.10 Å². The van der Waals surface area contributed by atoms with Gasteiger partial charge in [0.1, 0.15) is 23.1 Å². The number of hydrazone groups is 1. The lowest BCUT2D eigenvalue weighted by atomic mass is 10.0. The first-order chi connectivity index (χ1) is 14.9. The van der Waals surface area contributed by atoms with Crippen LogP contribution in [0.25, 0.3) is 0 Å². The first-order valence-corrected chi connectivity index (χ1v) is 9.96. The molecule has 0 saturated heterocycles. The number of rotatable bonds is 5. The van der Waals surface area contributed by atoms with Gasteiger partial charge in [-0.25, -0.2) is 9.80 Å². The van der Waals surface area contributed by atoms with E-state index in [1.165, 1.54) is 17.3 Å². The Hall–Kier alpha value is -3.58. The summed E-state index contributed by atoms with van der Waals surface area (Å²) in [5.74, 6) is -0.891. The van der Waals surface area contributed by atoms with Gasteiger partial charge in [0.15, 0.2) is 6.61 Å². The standard InChI is InChI=1S/C23H19ClN2O5/c1-14-4-2-5-17(22(14)28)23(29)31-13-21(27)26-19(20-6-3-11-30-20)12-18(25-26)15-7-9-16(24)10-8-15/h2-11,19,28H,12-13H2,1H3/t19-/m1/s1. The molecule has 0 fully saturated rings. The van der Waals surface area contributed by atoms with Gasteiger partial charge in [-0.15, -0.1) is 0 Å². The van der Waals surface area contributed by atoms with Crippen molar-refractivity contribution in [3.8, 4) is 5.75 Å². The highest BCUT2D eigenvalue weighted by Gasteiger charge is 2.35. The van der Waals surface area contributed by atoms with Crippen LogP contribution < -0.4 is 0 Å². The lowest BCUT2D eigenvalue weighted by Gasteiger charge is -2.19. The van der Waals surface area contributed by atoms with Crippen LogP contribution in [0.5, 0.6) is 5.75 Å². The average Bonchev–Trinajstić information content (AvgIpc) is 3.44. The van der Waals surface area contributed by atoms with E-state index in [1.54, 1.807) is 43.3 Å². The van der Waals surface area contributed by atoms with E-state index in [9.17, 15) is 14.7 Å². The molecule has 0 aliphatic carbocycles. The third-order valence-corrected chi connectivity index (χ3v) is 5.25. The molecule has 8 heteroatoms. The Kier molecular flexibility index (Phi) is 5.77. The number of carbonyl (C=O) groups is 2. The normalized spacial score (nSPS) is 15.6. The average molecular weight is 439 g/mol. The Morgan fingerprint density at radius 3 is 2.68 bits per heavy atom. The summed E-state index contributed by atoms with van der Waals surface area (Å²) in [4.78, 5) is 25.2. The number of para-hydroxylation sites is 1. The van der Waals surface area contributed by atoms with E-state index in [2.05, 4.69) is 5.10 Å². The number of halogens is 1. The third-order valence-electron chi connectivity index (χ3n) is 5.00. The molecule has 3 aromatic rings. The molecule has 158 valence electrons. The zero-order valence-corrected chi connectivity index (χ0v) is 17.4. The van der Waals surface area contributed by atoms with E-state index >= 15 is 0 Å². The van der Waals surface area contributed by atoms with Gasteiger partial charge >= 0.3 is 5.97 Å². The molecule has 1 amide bonds. The molecule has 1 atom stereocenters. The van der Waals surface area contributed by atoms with Gasteiger partial charge in [-0.3, -0.25) is 4.79 Å². The van der Waals surface area contributed by atoms with E-state index in [-0.39, 0.29) is 11.3 Å². The summed E-state index contributed by atoms with van der Waals surface area (Å²) in [7, 11) is 0. The molecule has 4 rings (SSSR count). The fourth-order valence-corrected chi connectivity index (χ4v) is 3.48. The second-order valence-electron chi connectivity index (χ2n) is 7.07. The Bertz CT molecular complexity index is 1140. The number of hydrogen-bond donors (Lipinski definition) is 1. The third kappa shape index (κ3) is 4.32. The maximum atomic E-state index is 12.9. The number of ether oxygens (including phenoxy) is 1. The molecular formula is C23H19ClN2O5. The number of aromatic hydroxyl groups is 1. The van der Waals surface area contributed by atoms with Crippen LogP contribution in [0.2, 0.25) is 5.02 Å². The number of nitrogens with zero attached hydrogens (tertiary/aromatic N) is 2. The Balaban J connectivity index is 1.52. The van der Waals surface area contributed by atoms with Crippen molar-refractivity contribution in [2.45, 2.75) is 19.4 Å². The van der Waals surface area contributed by atoms with Gasteiger partial charge in [0.05, 0.1) is 12.0 Å². The summed E-state index contributed by atoms with van der Waals surface area (Å²) in [6.07, 6.45) is 1.96. The van der Waals surface area contributed by atoms with Gasteiger partial charge in [0, 0.05) is 11.4 Å². The van der Waals surface area contributed by atoms with Crippen LogP contribution in [0.1, 0.15) is 39.7 Å². The van der Waals surface area contributed by atoms with E-state index in [1.807, 2.05) is 12.1 Å². The monoisotopic (exact) mass is 438 g/mol. The smallest absolute Gasteiger partial charge is 0.342 e. The van der Waals surface area contributed by atoms with E-state index in [0.717, 1.165) is 5.56 Å². The maximum absolute atomic E-state index is 12.9. The summed E-state index contributed by atoms with van der Waals surface area (Å²) in [5, 5.41) is 16.4. The fourth-order valence-electron chi connectivity index (χ4n) is 3.35. The fraction of sp³-hybridized carbons (Fsp3) is 0.174. The zero-order valence-electron chi connectivity index (χ0n) is 16.6. The molecule has 0 radical (unpaired) electrons. The molecule has 0 spiro atoms. The van der Waals surface area contributed by atoms with Crippen molar-refractivity contribution in [3.63, 3.8) is 0 Å². The second kappa shape index (κ2) is 8.65. The molecule has 7 nitrogen and oxygen atoms in total. The van der Waals surface area contributed by atoms with Gasteiger partial charge in [-0.1, -0.05) is 35.9 Å². The minimum Gasteiger partial charge on any atom is -0.507 e. The molecular weight excluding hydrogens is 420 g/mol. The Labute approximate surface area is 183 Å². The molecule has 1 aromatic heterocycles. The van der Waals surface area contributed by atoms with Crippen molar-refractivity contribution in [1.82, 2.24) is 5.01 Å². The number of amides is 1. The summed E-state index contributed by atoms with van der Waals surface area (Å²) in [6, 6.07) is 14.9. The SMILES string of the molecule is Cc1cccc(C(=O)OCC(=O)N2N=C(c3ccc(Cl)cc3)C[C@@H]2c2ccco2)c1O. The predicted molar refractivity (Wildman–Crippen MR) is 114 cm³/mol. The number of phenols is 1. The summed E-state index contributed by atoms with van der Waals surface area (Å²) >= 11 is 5.96. The van der Waals surface area contributed by atoms with Crippen LogP contribution in [-0.2, 0) is 9.53 Å². The first kappa shape index (κ1) is 20.7. The number of esters is 1. The predicted octanol–water partition coefficient (Wildman–Crippen LogP) is 4.48. The number of phenolic OH excluding ortho intramolecular Hbond substituents is 1. The van der Waals surface area contributed by atoms with E-state index in [0.29, 0.717) is 28.5 Å². The molecule has 1 aliphatic rings. The van der Waals surface area contributed by atoms with E-state index < -0.39 is 24.5 Å².